The zero-order valence-corrected chi connectivity index (χ0v) is 13.8. The van der Waals surface area contributed by atoms with Gasteiger partial charge >= 0.3 is 0 Å². The second-order valence-electron chi connectivity index (χ2n) is 6.79. The molecule has 2 saturated heterocycles. The van der Waals surface area contributed by atoms with Crippen molar-refractivity contribution in [2.45, 2.75) is 44.7 Å². The summed E-state index contributed by atoms with van der Waals surface area (Å²) in [4.78, 5) is 22.1. The van der Waals surface area contributed by atoms with Crippen LogP contribution in [0.1, 0.15) is 41.7 Å². The van der Waals surface area contributed by atoms with Crippen molar-refractivity contribution in [2.24, 2.45) is 0 Å². The number of likely N-dealkylation sites (tertiary alicyclic amines) is 2. The first-order valence-electron chi connectivity index (χ1n) is 8.47. The van der Waals surface area contributed by atoms with Crippen LogP contribution in [0.25, 0.3) is 5.65 Å². The van der Waals surface area contributed by atoms with Crippen molar-refractivity contribution in [1.82, 2.24) is 24.4 Å². The number of hydrogen-bond acceptors (Lipinski definition) is 4. The number of rotatable bonds is 2. The first-order valence-corrected chi connectivity index (χ1v) is 8.47. The van der Waals surface area contributed by atoms with E-state index in [-0.39, 0.29) is 5.91 Å². The van der Waals surface area contributed by atoms with Gasteiger partial charge in [-0.3, -0.25) is 4.79 Å². The van der Waals surface area contributed by atoms with Gasteiger partial charge < -0.3 is 9.80 Å². The third kappa shape index (κ3) is 2.41. The van der Waals surface area contributed by atoms with Crippen LogP contribution in [-0.4, -0.2) is 62.5 Å². The largest absolute Gasteiger partial charge is 0.334 e. The van der Waals surface area contributed by atoms with E-state index in [4.69, 9.17) is 0 Å². The van der Waals surface area contributed by atoms with Crippen LogP contribution in [-0.2, 0) is 0 Å². The van der Waals surface area contributed by atoms with Crippen molar-refractivity contribution in [2.75, 3.05) is 20.1 Å². The lowest BCUT2D eigenvalue weighted by molar-refractivity contribution is 0.0666. The third-order valence-corrected chi connectivity index (χ3v) is 5.32. The number of amides is 1. The van der Waals surface area contributed by atoms with Gasteiger partial charge in [-0.2, -0.15) is 5.10 Å². The summed E-state index contributed by atoms with van der Waals surface area (Å²) < 4.78 is 1.69. The maximum absolute atomic E-state index is 13.1. The van der Waals surface area contributed by atoms with Crippen molar-refractivity contribution >= 4 is 11.6 Å². The van der Waals surface area contributed by atoms with E-state index in [2.05, 4.69) is 26.9 Å². The molecule has 0 unspecified atom stereocenters. The minimum absolute atomic E-state index is 0.0842. The summed E-state index contributed by atoms with van der Waals surface area (Å²) in [6.07, 6.45) is 8.14. The molecule has 1 amide bonds. The molecule has 122 valence electrons. The number of aryl methyl sites for hydroxylation is 1. The lowest BCUT2D eigenvalue weighted by Crippen LogP contribution is -2.47. The van der Waals surface area contributed by atoms with E-state index in [9.17, 15) is 4.79 Å². The van der Waals surface area contributed by atoms with E-state index in [1.54, 1.807) is 10.7 Å². The molecule has 0 spiro atoms. The molecule has 4 rings (SSSR count). The molecule has 0 radical (unpaired) electrons. The fraction of sp³-hybridized carbons (Fsp3) is 0.588. The molecule has 0 bridgehead atoms. The molecule has 2 aromatic heterocycles. The Morgan fingerprint density at radius 1 is 1.22 bits per heavy atom. The molecule has 0 saturated carbocycles. The second kappa shape index (κ2) is 5.60. The number of nitrogens with zero attached hydrogens (tertiary/aromatic N) is 5. The molecule has 23 heavy (non-hydrogen) atoms. The van der Waals surface area contributed by atoms with Crippen LogP contribution >= 0.6 is 0 Å². The quantitative estimate of drug-likeness (QED) is 0.847. The van der Waals surface area contributed by atoms with Gasteiger partial charge in [-0.1, -0.05) is 0 Å². The summed E-state index contributed by atoms with van der Waals surface area (Å²) in [6, 6.07) is 2.73. The van der Waals surface area contributed by atoms with Gasteiger partial charge in [-0.05, 0) is 52.3 Å². The monoisotopic (exact) mass is 313 g/mol. The summed E-state index contributed by atoms with van der Waals surface area (Å²) in [5.41, 5.74) is 2.20. The minimum atomic E-state index is 0.0842. The van der Waals surface area contributed by atoms with E-state index in [0.29, 0.717) is 23.3 Å². The highest BCUT2D eigenvalue weighted by atomic mass is 16.2. The minimum Gasteiger partial charge on any atom is -0.334 e. The molecule has 2 aliphatic heterocycles. The predicted octanol–water partition coefficient (Wildman–Crippen LogP) is 1.74. The summed E-state index contributed by atoms with van der Waals surface area (Å²) in [5.74, 6) is 0.0842. The van der Waals surface area contributed by atoms with Crippen molar-refractivity contribution in [3.05, 3.63) is 29.7 Å². The Morgan fingerprint density at radius 2 is 2.00 bits per heavy atom. The summed E-state index contributed by atoms with van der Waals surface area (Å²) in [7, 11) is 2.18. The lowest BCUT2D eigenvalue weighted by Gasteiger charge is -2.33. The van der Waals surface area contributed by atoms with E-state index < -0.39 is 0 Å². The fourth-order valence-electron chi connectivity index (χ4n) is 4.13. The Labute approximate surface area is 136 Å². The normalized spacial score (nSPS) is 25.6. The Morgan fingerprint density at radius 3 is 2.78 bits per heavy atom. The topological polar surface area (TPSA) is 53.7 Å². The van der Waals surface area contributed by atoms with Crippen LogP contribution in [0.5, 0.6) is 0 Å². The molecule has 2 atom stereocenters. The van der Waals surface area contributed by atoms with Crippen LogP contribution in [0.2, 0.25) is 0 Å². The molecule has 6 nitrogen and oxygen atoms in total. The van der Waals surface area contributed by atoms with Crippen LogP contribution in [0.3, 0.4) is 0 Å². The van der Waals surface area contributed by atoms with Gasteiger partial charge in [-0.15, -0.1) is 0 Å². The average Bonchev–Trinajstić information content (AvgIpc) is 3.24. The van der Waals surface area contributed by atoms with Crippen molar-refractivity contribution < 1.29 is 4.79 Å². The van der Waals surface area contributed by atoms with Gasteiger partial charge in [-0.25, -0.2) is 9.50 Å². The van der Waals surface area contributed by atoms with Crippen LogP contribution in [0, 0.1) is 6.92 Å². The molecule has 0 aromatic carbocycles. The Kier molecular flexibility index (Phi) is 3.56. The number of carbonyl (C=O) groups is 1. The van der Waals surface area contributed by atoms with E-state index >= 15 is 0 Å². The van der Waals surface area contributed by atoms with Gasteiger partial charge in [0, 0.05) is 30.5 Å². The molecule has 2 aromatic rings. The molecule has 2 fully saturated rings. The SMILES string of the molecule is Cc1ccn2ncc(C(=O)N3CCC[C@@H]3[C@H]3CCCN3C)c2n1. The van der Waals surface area contributed by atoms with Gasteiger partial charge in [0.05, 0.1) is 6.20 Å². The average molecular weight is 313 g/mol. The smallest absolute Gasteiger partial charge is 0.259 e. The standard InChI is InChI=1S/C17H23N5O/c1-12-7-10-22-16(19-12)13(11-18-22)17(23)21-9-4-6-15(21)14-5-3-8-20(14)2/h7,10-11,14-15H,3-6,8-9H2,1-2H3/t14-,15-/m1/s1. The molecule has 0 N–H and O–H groups in total. The summed E-state index contributed by atoms with van der Waals surface area (Å²) in [5, 5.41) is 4.29. The van der Waals surface area contributed by atoms with Crippen LogP contribution < -0.4 is 0 Å². The van der Waals surface area contributed by atoms with E-state index in [1.807, 2.05) is 19.2 Å². The highest BCUT2D eigenvalue weighted by Gasteiger charge is 2.39. The van der Waals surface area contributed by atoms with Crippen LogP contribution in [0.4, 0.5) is 0 Å². The Hall–Kier alpha value is -1.95. The van der Waals surface area contributed by atoms with E-state index in [1.165, 1.54) is 12.8 Å². The number of hydrogen-bond donors (Lipinski definition) is 0. The van der Waals surface area contributed by atoms with Crippen LogP contribution in [0.15, 0.2) is 18.5 Å². The van der Waals surface area contributed by atoms with Gasteiger partial charge in [0.1, 0.15) is 5.56 Å². The second-order valence-corrected chi connectivity index (χ2v) is 6.79. The molecular weight excluding hydrogens is 290 g/mol. The summed E-state index contributed by atoms with van der Waals surface area (Å²) >= 11 is 0. The molecule has 4 heterocycles. The predicted molar refractivity (Wildman–Crippen MR) is 87.4 cm³/mol. The Bertz CT molecular complexity index is 740. The fourth-order valence-corrected chi connectivity index (χ4v) is 4.13. The maximum atomic E-state index is 13.1. The number of aromatic nitrogens is 3. The van der Waals surface area contributed by atoms with Gasteiger partial charge in [0.15, 0.2) is 5.65 Å². The summed E-state index contributed by atoms with van der Waals surface area (Å²) in [6.45, 7) is 3.92. The number of fused-ring (bicyclic) bond motifs is 1. The molecule has 0 aliphatic carbocycles. The zero-order valence-electron chi connectivity index (χ0n) is 13.8. The highest BCUT2D eigenvalue weighted by molar-refractivity contribution is 6.00. The molecule has 2 aliphatic rings. The lowest BCUT2D eigenvalue weighted by atomic mass is 10.0. The first-order chi connectivity index (χ1) is 11.1. The van der Waals surface area contributed by atoms with Crippen molar-refractivity contribution in [3.63, 3.8) is 0 Å². The molecule has 6 heteroatoms. The zero-order chi connectivity index (χ0) is 16.0. The highest BCUT2D eigenvalue weighted by Crippen LogP contribution is 2.30. The molecular formula is C17H23N5O. The van der Waals surface area contributed by atoms with E-state index in [0.717, 1.165) is 31.6 Å². The first kappa shape index (κ1) is 14.6. The number of likely N-dealkylation sites (N-methyl/N-ethyl adjacent to an activating group) is 1. The number of carbonyl (C=O) groups excluding carboxylic acids is 1. The maximum Gasteiger partial charge on any atom is 0.259 e. The van der Waals surface area contributed by atoms with Crippen molar-refractivity contribution in [3.8, 4) is 0 Å². The van der Waals surface area contributed by atoms with Gasteiger partial charge in [0.25, 0.3) is 5.91 Å². The Balaban J connectivity index is 1.65. The van der Waals surface area contributed by atoms with Crippen molar-refractivity contribution in [1.29, 1.82) is 0 Å². The third-order valence-electron chi connectivity index (χ3n) is 5.32. The van der Waals surface area contributed by atoms with Gasteiger partial charge in [0.2, 0.25) is 0 Å².